The molecular weight excluding hydrogens is 246 g/mol. The number of rotatable bonds is 4. The van der Waals surface area contributed by atoms with Crippen molar-refractivity contribution in [3.8, 4) is 0 Å². The lowest BCUT2D eigenvalue weighted by molar-refractivity contribution is -0.137. The lowest BCUT2D eigenvalue weighted by Crippen LogP contribution is -2.45. The van der Waals surface area contributed by atoms with Gasteiger partial charge in [-0.3, -0.25) is 4.79 Å². The molecule has 2 aliphatic rings. The Morgan fingerprint density at radius 2 is 2.11 bits per heavy atom. The van der Waals surface area contributed by atoms with Crippen molar-refractivity contribution in [2.24, 2.45) is 5.92 Å². The Bertz CT molecular complexity index is 348. The Labute approximate surface area is 113 Å². The molecule has 0 bridgehead atoms. The number of nitrogens with one attached hydrogen (secondary N) is 1. The van der Waals surface area contributed by atoms with Crippen molar-refractivity contribution in [3.63, 3.8) is 0 Å². The molecule has 19 heavy (non-hydrogen) atoms. The standard InChI is InChI=1S/C13H23N3O3/c1-15-6-4-10(9-15)8-14-13(19)16-5-2-3-11(16)7-12(17)18/h10-11H,2-9H2,1H3,(H,14,19)(H,17,18). The highest BCUT2D eigenvalue weighted by molar-refractivity contribution is 5.76. The van der Waals surface area contributed by atoms with E-state index in [4.69, 9.17) is 5.11 Å². The summed E-state index contributed by atoms with van der Waals surface area (Å²) in [4.78, 5) is 26.8. The van der Waals surface area contributed by atoms with Gasteiger partial charge in [-0.25, -0.2) is 4.79 Å². The molecule has 0 aromatic heterocycles. The summed E-state index contributed by atoms with van der Waals surface area (Å²) in [5, 5.41) is 11.8. The molecule has 2 N–H and O–H groups in total. The summed E-state index contributed by atoms with van der Waals surface area (Å²) in [5.41, 5.74) is 0. The number of likely N-dealkylation sites (tertiary alicyclic amines) is 2. The van der Waals surface area contributed by atoms with Gasteiger partial charge in [-0.15, -0.1) is 0 Å². The summed E-state index contributed by atoms with van der Waals surface area (Å²) < 4.78 is 0. The van der Waals surface area contributed by atoms with E-state index in [9.17, 15) is 9.59 Å². The Morgan fingerprint density at radius 3 is 2.74 bits per heavy atom. The zero-order chi connectivity index (χ0) is 13.8. The van der Waals surface area contributed by atoms with Gasteiger partial charge in [0, 0.05) is 25.7 Å². The van der Waals surface area contributed by atoms with Crippen molar-refractivity contribution in [3.05, 3.63) is 0 Å². The third kappa shape index (κ3) is 3.83. The highest BCUT2D eigenvalue weighted by Crippen LogP contribution is 2.20. The minimum atomic E-state index is -0.831. The number of urea groups is 1. The van der Waals surface area contributed by atoms with E-state index < -0.39 is 5.97 Å². The first-order valence-electron chi connectivity index (χ1n) is 7.01. The maximum atomic E-state index is 12.1. The second-order valence-electron chi connectivity index (χ2n) is 5.69. The van der Waals surface area contributed by atoms with E-state index in [1.807, 2.05) is 0 Å². The third-order valence-corrected chi connectivity index (χ3v) is 4.08. The molecule has 2 heterocycles. The van der Waals surface area contributed by atoms with Crippen LogP contribution in [0.3, 0.4) is 0 Å². The third-order valence-electron chi connectivity index (χ3n) is 4.08. The number of hydrogen-bond donors (Lipinski definition) is 2. The number of carboxylic acids is 1. The monoisotopic (exact) mass is 269 g/mol. The summed E-state index contributed by atoms with van der Waals surface area (Å²) in [5.74, 6) is -0.309. The molecular formula is C13H23N3O3. The first-order valence-corrected chi connectivity index (χ1v) is 7.01. The predicted molar refractivity (Wildman–Crippen MR) is 71.0 cm³/mol. The van der Waals surface area contributed by atoms with Crippen LogP contribution in [0.5, 0.6) is 0 Å². The first-order chi connectivity index (χ1) is 9.06. The van der Waals surface area contributed by atoms with Crippen LogP contribution in [0.4, 0.5) is 4.79 Å². The largest absolute Gasteiger partial charge is 0.481 e. The van der Waals surface area contributed by atoms with E-state index in [-0.39, 0.29) is 18.5 Å². The Balaban J connectivity index is 1.77. The van der Waals surface area contributed by atoms with Gasteiger partial charge in [0.25, 0.3) is 0 Å². The summed E-state index contributed by atoms with van der Waals surface area (Å²) in [6, 6.07) is -0.234. The Morgan fingerprint density at radius 1 is 1.32 bits per heavy atom. The van der Waals surface area contributed by atoms with Gasteiger partial charge >= 0.3 is 12.0 Å². The maximum absolute atomic E-state index is 12.1. The molecule has 2 atom stereocenters. The second-order valence-corrected chi connectivity index (χ2v) is 5.69. The summed E-state index contributed by atoms with van der Waals surface area (Å²) in [6.07, 6.45) is 2.87. The summed E-state index contributed by atoms with van der Waals surface area (Å²) >= 11 is 0. The molecule has 0 spiro atoms. The smallest absolute Gasteiger partial charge is 0.317 e. The lowest BCUT2D eigenvalue weighted by Gasteiger charge is -2.24. The van der Waals surface area contributed by atoms with Crippen molar-refractivity contribution in [2.75, 3.05) is 33.2 Å². The van der Waals surface area contributed by atoms with Gasteiger partial charge in [0.2, 0.25) is 0 Å². The Kier molecular flexibility index (Phi) is 4.63. The van der Waals surface area contributed by atoms with Crippen molar-refractivity contribution in [2.45, 2.75) is 31.7 Å². The molecule has 0 aromatic rings. The molecule has 0 aromatic carbocycles. The van der Waals surface area contributed by atoms with Crippen LogP contribution in [-0.4, -0.2) is 66.2 Å². The number of aliphatic carboxylic acids is 1. The van der Waals surface area contributed by atoms with E-state index >= 15 is 0 Å². The molecule has 6 nitrogen and oxygen atoms in total. The molecule has 0 radical (unpaired) electrons. The van der Waals surface area contributed by atoms with Gasteiger partial charge in [0.05, 0.1) is 6.42 Å². The van der Waals surface area contributed by atoms with Gasteiger partial charge in [-0.2, -0.15) is 0 Å². The van der Waals surface area contributed by atoms with E-state index in [0.717, 1.165) is 32.4 Å². The number of carboxylic acid groups (broad SMARTS) is 1. The summed E-state index contributed by atoms with van der Waals surface area (Å²) in [7, 11) is 2.09. The number of carbonyl (C=O) groups is 2. The molecule has 108 valence electrons. The zero-order valence-corrected chi connectivity index (χ0v) is 11.5. The van der Waals surface area contributed by atoms with Crippen LogP contribution in [0.2, 0.25) is 0 Å². The molecule has 6 heteroatoms. The van der Waals surface area contributed by atoms with Gasteiger partial charge in [0.15, 0.2) is 0 Å². The van der Waals surface area contributed by atoms with Crippen LogP contribution in [0.25, 0.3) is 0 Å². The van der Waals surface area contributed by atoms with Crippen LogP contribution in [0.1, 0.15) is 25.7 Å². The predicted octanol–water partition coefficient (Wildman–Crippen LogP) is 0.587. The average molecular weight is 269 g/mol. The molecule has 2 rings (SSSR count). The van der Waals surface area contributed by atoms with Crippen LogP contribution >= 0.6 is 0 Å². The molecule has 2 fully saturated rings. The average Bonchev–Trinajstić information content (AvgIpc) is 2.94. The zero-order valence-electron chi connectivity index (χ0n) is 11.5. The van der Waals surface area contributed by atoms with Gasteiger partial charge < -0.3 is 20.2 Å². The highest BCUT2D eigenvalue weighted by Gasteiger charge is 2.30. The van der Waals surface area contributed by atoms with Crippen LogP contribution in [0.15, 0.2) is 0 Å². The topological polar surface area (TPSA) is 72.9 Å². The van der Waals surface area contributed by atoms with E-state index in [1.165, 1.54) is 0 Å². The van der Waals surface area contributed by atoms with Crippen LogP contribution in [0, 0.1) is 5.92 Å². The minimum absolute atomic E-state index is 0.0551. The lowest BCUT2D eigenvalue weighted by atomic mass is 10.1. The SMILES string of the molecule is CN1CCC(CNC(=O)N2CCCC2CC(=O)O)C1. The molecule has 2 aliphatic heterocycles. The van der Waals surface area contributed by atoms with E-state index in [0.29, 0.717) is 19.0 Å². The minimum Gasteiger partial charge on any atom is -0.481 e. The number of hydrogen-bond acceptors (Lipinski definition) is 3. The fourth-order valence-electron chi connectivity index (χ4n) is 3.04. The highest BCUT2D eigenvalue weighted by atomic mass is 16.4. The van der Waals surface area contributed by atoms with Crippen molar-refractivity contribution >= 4 is 12.0 Å². The van der Waals surface area contributed by atoms with Crippen LogP contribution < -0.4 is 5.32 Å². The second kappa shape index (κ2) is 6.23. The van der Waals surface area contributed by atoms with Crippen LogP contribution in [-0.2, 0) is 4.79 Å². The maximum Gasteiger partial charge on any atom is 0.317 e. The quantitative estimate of drug-likeness (QED) is 0.783. The fraction of sp³-hybridized carbons (Fsp3) is 0.846. The van der Waals surface area contributed by atoms with Gasteiger partial charge in [-0.1, -0.05) is 0 Å². The van der Waals surface area contributed by atoms with Gasteiger partial charge in [0.1, 0.15) is 0 Å². The fourth-order valence-corrected chi connectivity index (χ4v) is 3.04. The Hall–Kier alpha value is -1.30. The van der Waals surface area contributed by atoms with Gasteiger partial charge in [-0.05, 0) is 38.8 Å². The van der Waals surface area contributed by atoms with E-state index in [2.05, 4.69) is 17.3 Å². The molecule has 0 saturated carbocycles. The molecule has 0 aliphatic carbocycles. The number of nitrogens with zero attached hydrogens (tertiary/aromatic N) is 2. The van der Waals surface area contributed by atoms with Crippen molar-refractivity contribution in [1.29, 1.82) is 0 Å². The number of amides is 2. The number of carbonyl (C=O) groups excluding carboxylic acids is 1. The van der Waals surface area contributed by atoms with Crippen molar-refractivity contribution < 1.29 is 14.7 Å². The van der Waals surface area contributed by atoms with E-state index in [1.54, 1.807) is 4.90 Å². The van der Waals surface area contributed by atoms with Crippen molar-refractivity contribution in [1.82, 2.24) is 15.1 Å². The molecule has 2 saturated heterocycles. The molecule has 2 amide bonds. The normalized spacial score (nSPS) is 27.7. The molecule has 2 unspecified atom stereocenters. The first kappa shape index (κ1) is 14.1. The summed E-state index contributed by atoms with van der Waals surface area (Å²) in [6.45, 7) is 3.48.